The first-order chi connectivity index (χ1) is 14.1. The molecule has 4 rings (SSSR count). The van der Waals surface area contributed by atoms with Crippen molar-refractivity contribution < 1.29 is 18.7 Å². The third-order valence-electron chi connectivity index (χ3n) is 4.57. The van der Waals surface area contributed by atoms with E-state index in [1.165, 1.54) is 12.1 Å². The zero-order valence-corrected chi connectivity index (χ0v) is 16.0. The predicted octanol–water partition coefficient (Wildman–Crippen LogP) is 4.54. The molecule has 0 spiro atoms. The molecule has 0 atom stereocenters. The number of furan rings is 1. The van der Waals surface area contributed by atoms with Crippen LogP contribution in [0.25, 0.3) is 17.4 Å². The number of ether oxygens (including phenoxy) is 1. The fraction of sp³-hybridized carbons (Fsp3) is 0.0870. The molecule has 6 nitrogen and oxygen atoms in total. The van der Waals surface area contributed by atoms with E-state index in [2.05, 4.69) is 5.10 Å². The lowest BCUT2D eigenvalue weighted by atomic mass is 10.1. The Labute approximate surface area is 167 Å². The Morgan fingerprint density at radius 3 is 2.45 bits per heavy atom. The average Bonchev–Trinajstić information content (AvgIpc) is 3.34. The van der Waals surface area contributed by atoms with Crippen LogP contribution in [-0.4, -0.2) is 24.7 Å². The lowest BCUT2D eigenvalue weighted by Crippen LogP contribution is -2.21. The van der Waals surface area contributed by atoms with Gasteiger partial charge in [-0.2, -0.15) is 10.1 Å². The van der Waals surface area contributed by atoms with Gasteiger partial charge in [0.1, 0.15) is 11.5 Å². The lowest BCUT2D eigenvalue weighted by molar-refractivity contribution is -0.114. The van der Waals surface area contributed by atoms with Crippen molar-refractivity contribution in [3.8, 4) is 11.3 Å². The van der Waals surface area contributed by atoms with Crippen molar-refractivity contribution in [2.24, 2.45) is 5.10 Å². The largest absolute Gasteiger partial charge is 0.465 e. The molecule has 1 aliphatic rings. The van der Waals surface area contributed by atoms with Gasteiger partial charge in [0, 0.05) is 5.56 Å². The Balaban J connectivity index is 1.58. The summed E-state index contributed by atoms with van der Waals surface area (Å²) in [5.41, 5.74) is 2.98. The normalized spacial score (nSPS) is 15.0. The second-order valence-electron chi connectivity index (χ2n) is 6.47. The molecule has 0 saturated heterocycles. The first kappa shape index (κ1) is 18.4. The van der Waals surface area contributed by atoms with Crippen LogP contribution >= 0.6 is 0 Å². The molecule has 0 saturated carbocycles. The van der Waals surface area contributed by atoms with Gasteiger partial charge in [-0.3, -0.25) is 4.79 Å². The standard InChI is InChI=1S/C23H18N2O4/c1-15-20(14-19-12-13-21(29-19)16-6-4-3-5-7-16)22(26)25(24-15)18-10-8-17(9-11-18)23(27)28-2/h3-14H,1-2H3/b20-14-. The number of methoxy groups -OCH3 is 1. The number of carbonyl (C=O) groups excluding carboxylic acids is 2. The molecule has 0 N–H and O–H groups in total. The van der Waals surface area contributed by atoms with Gasteiger partial charge >= 0.3 is 5.97 Å². The van der Waals surface area contributed by atoms with Crippen molar-refractivity contribution >= 4 is 29.4 Å². The Morgan fingerprint density at radius 1 is 1.03 bits per heavy atom. The highest BCUT2D eigenvalue weighted by atomic mass is 16.5. The zero-order valence-electron chi connectivity index (χ0n) is 16.0. The van der Waals surface area contributed by atoms with Crippen molar-refractivity contribution in [1.82, 2.24) is 0 Å². The molecule has 6 heteroatoms. The van der Waals surface area contributed by atoms with Gasteiger partial charge in [0.05, 0.1) is 29.6 Å². The Bertz CT molecular complexity index is 1130. The number of rotatable bonds is 4. The summed E-state index contributed by atoms with van der Waals surface area (Å²) in [7, 11) is 1.32. The number of benzene rings is 2. The third-order valence-corrected chi connectivity index (χ3v) is 4.57. The molecule has 3 aromatic rings. The summed E-state index contributed by atoms with van der Waals surface area (Å²) in [4.78, 5) is 24.5. The lowest BCUT2D eigenvalue weighted by Gasteiger charge is -2.12. The van der Waals surface area contributed by atoms with Gasteiger partial charge in [-0.15, -0.1) is 0 Å². The fourth-order valence-electron chi connectivity index (χ4n) is 3.05. The van der Waals surface area contributed by atoms with Gasteiger partial charge in [-0.1, -0.05) is 30.3 Å². The number of hydrazone groups is 1. The number of amides is 1. The highest BCUT2D eigenvalue weighted by Crippen LogP contribution is 2.27. The van der Waals surface area contributed by atoms with Crippen molar-refractivity contribution in [3.05, 3.63) is 83.6 Å². The molecule has 1 amide bonds. The van der Waals surface area contributed by atoms with Gasteiger partial charge in [0.25, 0.3) is 5.91 Å². The van der Waals surface area contributed by atoms with E-state index in [0.29, 0.717) is 28.3 Å². The van der Waals surface area contributed by atoms with Crippen LogP contribution in [0.2, 0.25) is 0 Å². The van der Waals surface area contributed by atoms with Gasteiger partial charge < -0.3 is 9.15 Å². The molecular weight excluding hydrogens is 368 g/mol. The van der Waals surface area contributed by atoms with Crippen molar-refractivity contribution in [1.29, 1.82) is 0 Å². The van der Waals surface area contributed by atoms with E-state index >= 15 is 0 Å². The van der Waals surface area contributed by atoms with E-state index in [9.17, 15) is 9.59 Å². The minimum absolute atomic E-state index is 0.258. The maximum atomic E-state index is 12.9. The van der Waals surface area contributed by atoms with E-state index in [1.807, 2.05) is 42.5 Å². The van der Waals surface area contributed by atoms with Crippen LogP contribution in [-0.2, 0) is 9.53 Å². The van der Waals surface area contributed by atoms with E-state index < -0.39 is 5.97 Å². The van der Waals surface area contributed by atoms with Crippen LogP contribution in [0.15, 0.2) is 81.8 Å². The highest BCUT2D eigenvalue weighted by molar-refractivity contribution is 6.32. The van der Waals surface area contributed by atoms with Crippen LogP contribution < -0.4 is 5.01 Å². The quantitative estimate of drug-likeness (QED) is 0.487. The monoisotopic (exact) mass is 386 g/mol. The number of carbonyl (C=O) groups is 2. The topological polar surface area (TPSA) is 72.1 Å². The molecule has 1 aromatic heterocycles. The number of hydrogen-bond donors (Lipinski definition) is 0. The zero-order chi connectivity index (χ0) is 20.4. The molecular formula is C23H18N2O4. The molecule has 0 bridgehead atoms. The van der Waals surface area contributed by atoms with Gasteiger partial charge in [-0.05, 0) is 49.4 Å². The van der Waals surface area contributed by atoms with Crippen molar-refractivity contribution in [3.63, 3.8) is 0 Å². The predicted molar refractivity (Wildman–Crippen MR) is 110 cm³/mol. The fourth-order valence-corrected chi connectivity index (χ4v) is 3.05. The van der Waals surface area contributed by atoms with E-state index in [-0.39, 0.29) is 5.91 Å². The number of anilines is 1. The summed E-state index contributed by atoms with van der Waals surface area (Å²) < 4.78 is 10.6. The summed E-state index contributed by atoms with van der Waals surface area (Å²) in [5.74, 6) is 0.611. The number of esters is 1. The molecule has 29 heavy (non-hydrogen) atoms. The summed E-state index contributed by atoms with van der Waals surface area (Å²) in [6.45, 7) is 1.77. The second kappa shape index (κ2) is 7.59. The van der Waals surface area contributed by atoms with Crippen LogP contribution in [0.1, 0.15) is 23.0 Å². The van der Waals surface area contributed by atoms with Gasteiger partial charge in [-0.25, -0.2) is 4.79 Å². The van der Waals surface area contributed by atoms with Gasteiger partial charge in [0.2, 0.25) is 0 Å². The molecule has 2 heterocycles. The minimum atomic E-state index is -0.434. The average molecular weight is 386 g/mol. The van der Waals surface area contributed by atoms with Crippen LogP contribution in [0.3, 0.4) is 0 Å². The molecule has 1 aliphatic heterocycles. The third kappa shape index (κ3) is 3.60. The smallest absolute Gasteiger partial charge is 0.337 e. The number of nitrogens with zero attached hydrogens (tertiary/aromatic N) is 2. The molecule has 144 valence electrons. The first-order valence-corrected chi connectivity index (χ1v) is 9.02. The van der Waals surface area contributed by atoms with Crippen LogP contribution in [0.4, 0.5) is 5.69 Å². The second-order valence-corrected chi connectivity index (χ2v) is 6.47. The van der Waals surface area contributed by atoms with Crippen molar-refractivity contribution in [2.45, 2.75) is 6.92 Å². The Kier molecular flexibility index (Phi) is 4.83. The summed E-state index contributed by atoms with van der Waals surface area (Å²) in [6.07, 6.45) is 1.69. The number of hydrogen-bond acceptors (Lipinski definition) is 5. The maximum Gasteiger partial charge on any atom is 0.337 e. The van der Waals surface area contributed by atoms with Crippen LogP contribution in [0.5, 0.6) is 0 Å². The highest BCUT2D eigenvalue weighted by Gasteiger charge is 2.29. The van der Waals surface area contributed by atoms with Crippen molar-refractivity contribution in [2.75, 3.05) is 12.1 Å². The Morgan fingerprint density at radius 2 is 1.76 bits per heavy atom. The summed E-state index contributed by atoms with van der Waals surface area (Å²) in [6, 6.07) is 20.0. The SMILES string of the molecule is COC(=O)c1ccc(N2N=C(C)/C(=C/c3ccc(-c4ccccc4)o3)C2=O)cc1. The maximum absolute atomic E-state index is 12.9. The Hall–Kier alpha value is -3.93. The van der Waals surface area contributed by atoms with E-state index in [4.69, 9.17) is 9.15 Å². The molecule has 2 aromatic carbocycles. The summed E-state index contributed by atoms with van der Waals surface area (Å²) >= 11 is 0. The van der Waals surface area contributed by atoms with E-state index in [0.717, 1.165) is 11.3 Å². The van der Waals surface area contributed by atoms with Crippen LogP contribution in [0, 0.1) is 0 Å². The summed E-state index contributed by atoms with van der Waals surface area (Å²) in [5, 5.41) is 5.66. The molecule has 0 unspecified atom stereocenters. The molecule has 0 fully saturated rings. The molecule has 0 aliphatic carbocycles. The minimum Gasteiger partial charge on any atom is -0.465 e. The molecule has 0 radical (unpaired) electrons. The van der Waals surface area contributed by atoms with Gasteiger partial charge in [0.15, 0.2) is 0 Å². The first-order valence-electron chi connectivity index (χ1n) is 9.02. The van der Waals surface area contributed by atoms with E-state index in [1.54, 1.807) is 37.3 Å².